The summed E-state index contributed by atoms with van der Waals surface area (Å²) in [6.45, 7) is 4.75. The molecule has 0 bridgehead atoms. The van der Waals surface area contributed by atoms with E-state index < -0.39 is 5.41 Å². The number of nitrogens with zero attached hydrogens (tertiary/aromatic N) is 1. The minimum atomic E-state index is -0.415. The van der Waals surface area contributed by atoms with Gasteiger partial charge in [0, 0.05) is 52.3 Å². The van der Waals surface area contributed by atoms with Crippen LogP contribution in [-0.2, 0) is 10.8 Å². The number of benzene rings is 9. The standard InChI is InChI=1S/C58H39NS2/c1-57(2)44-24-10-8-21-42(44)54-40(23-16-28-49(54)57)41-32-34-50(55-43-22-9-14-29-51(43)61-56(41)55)59(36-17-4-3-5-18-36)37-31-33-48-53(35-37)60-52-30-15-13-27-47(52)58(48)45-25-11-6-19-38(45)39-20-7-12-26-46(39)58/h3-35H,1-2H3. The SMILES string of the molecule is CC1(C)c2ccccc2-c2c(-c3ccc(N(c4ccccc4)c4ccc5c(c4)Sc4ccccc4C54c5ccccc5-c5ccccc54)c4c3sc3ccccc34)cccc21. The first kappa shape index (κ1) is 35.1. The van der Waals surface area contributed by atoms with Crippen molar-refractivity contribution < 1.29 is 0 Å². The van der Waals surface area contributed by atoms with E-state index in [2.05, 4.69) is 219 Å². The lowest BCUT2D eigenvalue weighted by molar-refractivity contribution is 0.660. The molecule has 0 unspecified atom stereocenters. The summed E-state index contributed by atoms with van der Waals surface area (Å²) in [6, 6.07) is 75.2. The average Bonchev–Trinajstić information content (AvgIpc) is 3.92. The normalized spacial score (nSPS) is 14.6. The van der Waals surface area contributed by atoms with E-state index in [-0.39, 0.29) is 5.41 Å². The van der Waals surface area contributed by atoms with E-state index in [1.807, 2.05) is 23.1 Å². The molecule has 0 fully saturated rings. The van der Waals surface area contributed by atoms with E-state index >= 15 is 0 Å². The molecule has 0 N–H and O–H groups in total. The molecule has 288 valence electrons. The van der Waals surface area contributed by atoms with Gasteiger partial charge in [-0.15, -0.1) is 11.3 Å². The second kappa shape index (κ2) is 12.9. The third-order valence-corrected chi connectivity index (χ3v) is 16.1. The Labute approximate surface area is 364 Å². The first-order valence-corrected chi connectivity index (χ1v) is 22.8. The van der Waals surface area contributed by atoms with Crippen LogP contribution in [0.15, 0.2) is 210 Å². The molecule has 61 heavy (non-hydrogen) atoms. The molecule has 0 saturated heterocycles. The highest BCUT2D eigenvalue weighted by atomic mass is 32.2. The molecule has 0 radical (unpaired) electrons. The average molecular weight is 814 g/mol. The van der Waals surface area contributed by atoms with Gasteiger partial charge in [0.1, 0.15) is 0 Å². The van der Waals surface area contributed by atoms with Crippen LogP contribution in [0, 0.1) is 0 Å². The highest BCUT2D eigenvalue weighted by Gasteiger charge is 2.50. The second-order valence-corrected chi connectivity index (χ2v) is 19.3. The number of hydrogen-bond donors (Lipinski definition) is 0. The highest BCUT2D eigenvalue weighted by molar-refractivity contribution is 7.99. The Hall–Kier alpha value is -6.65. The van der Waals surface area contributed by atoms with Crippen LogP contribution in [0.3, 0.4) is 0 Å². The zero-order valence-corrected chi connectivity index (χ0v) is 35.4. The van der Waals surface area contributed by atoms with Gasteiger partial charge in [0.15, 0.2) is 0 Å². The lowest BCUT2D eigenvalue weighted by atomic mass is 9.67. The maximum absolute atomic E-state index is 2.50. The van der Waals surface area contributed by atoms with Gasteiger partial charge in [-0.25, -0.2) is 0 Å². The van der Waals surface area contributed by atoms with Crippen LogP contribution in [0.25, 0.3) is 53.6 Å². The van der Waals surface area contributed by atoms with E-state index in [9.17, 15) is 0 Å². The van der Waals surface area contributed by atoms with Gasteiger partial charge >= 0.3 is 0 Å². The maximum Gasteiger partial charge on any atom is 0.0735 e. The van der Waals surface area contributed by atoms with E-state index in [0.29, 0.717) is 0 Å². The van der Waals surface area contributed by atoms with Crippen LogP contribution < -0.4 is 4.90 Å². The van der Waals surface area contributed by atoms with Gasteiger partial charge in [-0.05, 0) is 104 Å². The number of fused-ring (bicyclic) bond motifs is 15. The Morgan fingerprint density at radius 1 is 0.410 bits per heavy atom. The predicted molar refractivity (Wildman–Crippen MR) is 258 cm³/mol. The van der Waals surface area contributed by atoms with Gasteiger partial charge in [0.25, 0.3) is 0 Å². The van der Waals surface area contributed by atoms with Crippen molar-refractivity contribution in [2.24, 2.45) is 0 Å². The van der Waals surface area contributed by atoms with Crippen molar-refractivity contribution in [3.05, 3.63) is 234 Å². The monoisotopic (exact) mass is 813 g/mol. The Balaban J connectivity index is 1.06. The summed E-state index contributed by atoms with van der Waals surface area (Å²) in [5.41, 5.74) is 19.1. The maximum atomic E-state index is 2.50. The molecule has 0 atom stereocenters. The van der Waals surface area contributed by atoms with Crippen molar-refractivity contribution in [2.45, 2.75) is 34.5 Å². The molecule has 0 amide bonds. The highest BCUT2D eigenvalue weighted by Crippen LogP contribution is 2.63. The second-order valence-electron chi connectivity index (χ2n) is 17.1. The number of rotatable bonds is 4. The number of anilines is 3. The van der Waals surface area contributed by atoms with Crippen LogP contribution in [0.2, 0.25) is 0 Å². The topological polar surface area (TPSA) is 3.24 Å². The zero-order valence-electron chi connectivity index (χ0n) is 33.8. The molecule has 1 nitrogen and oxygen atoms in total. The van der Waals surface area contributed by atoms with Crippen LogP contribution >= 0.6 is 23.1 Å². The van der Waals surface area contributed by atoms with Crippen LogP contribution in [0.4, 0.5) is 17.1 Å². The molecule has 2 aliphatic carbocycles. The van der Waals surface area contributed by atoms with Gasteiger partial charge < -0.3 is 4.90 Å². The third-order valence-electron chi connectivity index (χ3n) is 13.7. The molecule has 9 aromatic carbocycles. The Morgan fingerprint density at radius 3 is 1.80 bits per heavy atom. The van der Waals surface area contributed by atoms with Crippen molar-refractivity contribution in [1.29, 1.82) is 0 Å². The van der Waals surface area contributed by atoms with Crippen molar-refractivity contribution in [1.82, 2.24) is 0 Å². The van der Waals surface area contributed by atoms with Crippen molar-refractivity contribution in [3.63, 3.8) is 0 Å². The minimum Gasteiger partial charge on any atom is -0.310 e. The number of para-hydroxylation sites is 1. The van der Waals surface area contributed by atoms with Gasteiger partial charge in [0.2, 0.25) is 0 Å². The first-order valence-electron chi connectivity index (χ1n) is 21.2. The molecular formula is C58H39NS2. The van der Waals surface area contributed by atoms with E-state index in [4.69, 9.17) is 0 Å². The summed E-state index contributed by atoms with van der Waals surface area (Å²) in [4.78, 5) is 5.09. The summed E-state index contributed by atoms with van der Waals surface area (Å²) < 4.78 is 2.61. The fourth-order valence-corrected chi connectivity index (χ4v) is 13.7. The molecule has 0 saturated carbocycles. The Kier molecular flexibility index (Phi) is 7.45. The molecule has 2 heterocycles. The molecule has 1 spiro atoms. The lowest BCUT2D eigenvalue weighted by Crippen LogP contribution is -2.32. The smallest absolute Gasteiger partial charge is 0.0735 e. The molecule has 3 aliphatic rings. The summed E-state index contributed by atoms with van der Waals surface area (Å²) in [7, 11) is 0. The largest absolute Gasteiger partial charge is 0.310 e. The Morgan fingerprint density at radius 2 is 1.02 bits per heavy atom. The van der Waals surface area contributed by atoms with E-state index in [0.717, 1.165) is 11.4 Å². The predicted octanol–water partition coefficient (Wildman–Crippen LogP) is 16.3. The number of hydrogen-bond acceptors (Lipinski definition) is 3. The van der Waals surface area contributed by atoms with Crippen molar-refractivity contribution >= 4 is 60.3 Å². The van der Waals surface area contributed by atoms with E-state index in [1.54, 1.807) is 0 Å². The van der Waals surface area contributed by atoms with Gasteiger partial charge in [-0.1, -0.05) is 183 Å². The molecule has 1 aliphatic heterocycles. The molecule has 3 heteroatoms. The fraction of sp³-hybridized carbons (Fsp3) is 0.0690. The number of thiophene rings is 1. The fourth-order valence-electron chi connectivity index (χ4n) is 11.2. The van der Waals surface area contributed by atoms with Crippen molar-refractivity contribution in [2.75, 3.05) is 4.90 Å². The quantitative estimate of drug-likeness (QED) is 0.174. The summed E-state index contributed by atoms with van der Waals surface area (Å²) in [6.07, 6.45) is 0. The first-order chi connectivity index (χ1) is 30.0. The van der Waals surface area contributed by atoms with Gasteiger partial charge in [-0.3, -0.25) is 0 Å². The molecular weight excluding hydrogens is 775 g/mol. The Bertz CT molecular complexity index is 3400. The molecule has 13 rings (SSSR count). The van der Waals surface area contributed by atoms with Gasteiger partial charge in [-0.2, -0.15) is 0 Å². The summed E-state index contributed by atoms with van der Waals surface area (Å²) in [5, 5.41) is 2.57. The van der Waals surface area contributed by atoms with Crippen LogP contribution in [-0.4, -0.2) is 0 Å². The minimum absolute atomic E-state index is 0.0720. The summed E-state index contributed by atoms with van der Waals surface area (Å²) in [5.74, 6) is 0. The van der Waals surface area contributed by atoms with Crippen molar-refractivity contribution in [3.8, 4) is 33.4 Å². The third kappa shape index (κ3) is 4.74. The van der Waals surface area contributed by atoms with E-state index in [1.165, 1.54) is 102 Å². The lowest BCUT2D eigenvalue weighted by Gasteiger charge is -2.40. The molecule has 1 aromatic heterocycles. The van der Waals surface area contributed by atoms with Gasteiger partial charge in [0.05, 0.1) is 11.1 Å². The van der Waals surface area contributed by atoms with Crippen LogP contribution in [0.5, 0.6) is 0 Å². The zero-order chi connectivity index (χ0) is 40.5. The molecule has 10 aromatic rings. The summed E-state index contributed by atoms with van der Waals surface area (Å²) >= 11 is 3.82. The van der Waals surface area contributed by atoms with Crippen LogP contribution in [0.1, 0.15) is 47.2 Å².